The third kappa shape index (κ3) is 5.71. The van der Waals surface area contributed by atoms with Gasteiger partial charge in [-0.3, -0.25) is 4.79 Å². The molecule has 1 atom stereocenters. The zero-order valence-corrected chi connectivity index (χ0v) is 12.9. The fraction of sp³-hybridized carbons (Fsp3) is 0.500. The molecule has 1 aromatic carbocycles. The van der Waals surface area contributed by atoms with Gasteiger partial charge in [0.1, 0.15) is 0 Å². The van der Waals surface area contributed by atoms with Gasteiger partial charge in [-0.15, -0.1) is 12.4 Å². The van der Waals surface area contributed by atoms with Crippen LogP contribution < -0.4 is 10.6 Å². The molecule has 0 saturated carbocycles. The highest BCUT2D eigenvalue weighted by atomic mass is 35.5. The summed E-state index contributed by atoms with van der Waals surface area (Å²) in [4.78, 5) is 11.8. The van der Waals surface area contributed by atoms with Gasteiger partial charge in [0.05, 0.1) is 6.61 Å². The fourth-order valence-electron chi connectivity index (χ4n) is 2.09. The molecule has 1 aliphatic heterocycles. The molecular formula is C14H21ClN2O2S. The Morgan fingerprint density at radius 3 is 2.95 bits per heavy atom. The zero-order valence-electron chi connectivity index (χ0n) is 11.3. The van der Waals surface area contributed by atoms with Crippen LogP contribution >= 0.6 is 24.2 Å². The molecule has 1 unspecified atom stereocenters. The number of hydrogen-bond acceptors (Lipinski definition) is 4. The first kappa shape index (κ1) is 17.3. The lowest BCUT2D eigenvalue weighted by molar-refractivity contribution is -0.121. The van der Waals surface area contributed by atoms with Crippen molar-refractivity contribution in [2.75, 3.05) is 18.1 Å². The van der Waals surface area contributed by atoms with Gasteiger partial charge >= 0.3 is 0 Å². The molecule has 20 heavy (non-hydrogen) atoms. The molecule has 2 rings (SSSR count). The van der Waals surface area contributed by atoms with Crippen LogP contribution in [0, 0.1) is 0 Å². The van der Waals surface area contributed by atoms with Crippen LogP contribution in [0.4, 0.5) is 0 Å². The standard InChI is InChI=1S/C14H20N2O2S.ClH/c17-9-12-3-1-2-11(6-12)8-16-14(18)7-13-10-19-5-4-15-13;/h1-3,6,13,15,17H,4-5,7-10H2,(H,16,18);1H. The second kappa shape index (κ2) is 9.23. The van der Waals surface area contributed by atoms with Gasteiger partial charge in [-0.2, -0.15) is 11.8 Å². The van der Waals surface area contributed by atoms with Crippen LogP contribution in [-0.4, -0.2) is 35.1 Å². The van der Waals surface area contributed by atoms with E-state index in [2.05, 4.69) is 10.6 Å². The summed E-state index contributed by atoms with van der Waals surface area (Å²) in [6.45, 7) is 1.54. The maximum Gasteiger partial charge on any atom is 0.221 e. The second-order valence-corrected chi connectivity index (χ2v) is 5.83. The first-order chi connectivity index (χ1) is 9.28. The van der Waals surface area contributed by atoms with Crippen molar-refractivity contribution < 1.29 is 9.90 Å². The summed E-state index contributed by atoms with van der Waals surface area (Å²) in [5, 5.41) is 15.3. The lowest BCUT2D eigenvalue weighted by atomic mass is 10.1. The number of benzene rings is 1. The molecule has 1 fully saturated rings. The van der Waals surface area contributed by atoms with Crippen LogP contribution in [0.1, 0.15) is 17.5 Å². The molecule has 3 N–H and O–H groups in total. The Hall–Kier alpha value is -0.750. The highest BCUT2D eigenvalue weighted by Crippen LogP contribution is 2.10. The normalized spacial score (nSPS) is 18.1. The number of aliphatic hydroxyl groups excluding tert-OH is 1. The number of carbonyl (C=O) groups is 1. The molecule has 0 aliphatic carbocycles. The molecule has 0 aromatic heterocycles. The van der Waals surface area contributed by atoms with Crippen molar-refractivity contribution in [3.05, 3.63) is 35.4 Å². The summed E-state index contributed by atoms with van der Waals surface area (Å²) in [5.74, 6) is 2.22. The van der Waals surface area contributed by atoms with Crippen LogP contribution in [0.3, 0.4) is 0 Å². The van der Waals surface area contributed by atoms with Crippen LogP contribution in [0.15, 0.2) is 24.3 Å². The quantitative estimate of drug-likeness (QED) is 0.766. The highest BCUT2D eigenvalue weighted by Gasteiger charge is 2.16. The van der Waals surface area contributed by atoms with E-state index in [1.54, 1.807) is 0 Å². The van der Waals surface area contributed by atoms with Crippen molar-refractivity contribution >= 4 is 30.1 Å². The Balaban J connectivity index is 0.00000200. The molecule has 0 radical (unpaired) electrons. The minimum atomic E-state index is 0. The Morgan fingerprint density at radius 2 is 2.25 bits per heavy atom. The van der Waals surface area contributed by atoms with E-state index in [0.29, 0.717) is 19.0 Å². The monoisotopic (exact) mass is 316 g/mol. The summed E-state index contributed by atoms with van der Waals surface area (Å²) in [6.07, 6.45) is 0.534. The molecule has 1 amide bonds. The fourth-order valence-corrected chi connectivity index (χ4v) is 3.03. The maximum absolute atomic E-state index is 11.8. The van der Waals surface area contributed by atoms with Crippen LogP contribution in [0.2, 0.25) is 0 Å². The number of rotatable bonds is 5. The van der Waals surface area contributed by atoms with E-state index in [4.69, 9.17) is 5.11 Å². The van der Waals surface area contributed by atoms with Crippen molar-refractivity contribution in [3.63, 3.8) is 0 Å². The average Bonchev–Trinajstić information content (AvgIpc) is 2.46. The minimum absolute atomic E-state index is 0. The number of thioether (sulfide) groups is 1. The van der Waals surface area contributed by atoms with Gasteiger partial charge in [-0.25, -0.2) is 0 Å². The number of amides is 1. The largest absolute Gasteiger partial charge is 0.392 e. The van der Waals surface area contributed by atoms with Gasteiger partial charge < -0.3 is 15.7 Å². The van der Waals surface area contributed by atoms with Gasteiger partial charge in [0.2, 0.25) is 5.91 Å². The molecule has 0 bridgehead atoms. The lowest BCUT2D eigenvalue weighted by Gasteiger charge is -2.22. The number of nitrogens with one attached hydrogen (secondary N) is 2. The first-order valence-electron chi connectivity index (χ1n) is 6.54. The number of halogens is 1. The van der Waals surface area contributed by atoms with Gasteiger partial charge in [-0.05, 0) is 11.1 Å². The van der Waals surface area contributed by atoms with Crippen molar-refractivity contribution in [1.29, 1.82) is 0 Å². The third-order valence-corrected chi connectivity index (χ3v) is 4.22. The number of hydrogen-bond donors (Lipinski definition) is 3. The zero-order chi connectivity index (χ0) is 13.5. The topological polar surface area (TPSA) is 61.4 Å². The molecular weight excluding hydrogens is 296 g/mol. The lowest BCUT2D eigenvalue weighted by Crippen LogP contribution is -2.41. The van der Waals surface area contributed by atoms with Crippen LogP contribution in [0.5, 0.6) is 0 Å². The predicted molar refractivity (Wildman–Crippen MR) is 85.2 cm³/mol. The van der Waals surface area contributed by atoms with E-state index < -0.39 is 0 Å². The van der Waals surface area contributed by atoms with Gasteiger partial charge in [0.25, 0.3) is 0 Å². The van der Waals surface area contributed by atoms with E-state index in [1.807, 2.05) is 36.0 Å². The molecule has 0 spiro atoms. The Kier molecular flexibility index (Phi) is 7.99. The van der Waals surface area contributed by atoms with Crippen molar-refractivity contribution in [3.8, 4) is 0 Å². The summed E-state index contributed by atoms with van der Waals surface area (Å²) in [6, 6.07) is 7.92. The summed E-state index contributed by atoms with van der Waals surface area (Å²) in [7, 11) is 0. The van der Waals surface area contributed by atoms with Crippen molar-refractivity contribution in [2.24, 2.45) is 0 Å². The first-order valence-corrected chi connectivity index (χ1v) is 7.70. The Labute approximate surface area is 130 Å². The molecule has 112 valence electrons. The van der Waals surface area contributed by atoms with Gasteiger partial charge in [0.15, 0.2) is 0 Å². The molecule has 6 heteroatoms. The maximum atomic E-state index is 11.8. The molecule has 1 heterocycles. The van der Waals surface area contributed by atoms with Crippen molar-refractivity contribution in [1.82, 2.24) is 10.6 Å². The van der Waals surface area contributed by atoms with Crippen LogP contribution in [0.25, 0.3) is 0 Å². The van der Waals surface area contributed by atoms with E-state index in [0.717, 1.165) is 29.2 Å². The van der Waals surface area contributed by atoms with Gasteiger partial charge in [0, 0.05) is 37.1 Å². The molecule has 1 aromatic rings. The minimum Gasteiger partial charge on any atom is -0.392 e. The smallest absolute Gasteiger partial charge is 0.221 e. The van der Waals surface area contributed by atoms with Gasteiger partial charge in [-0.1, -0.05) is 24.3 Å². The summed E-state index contributed by atoms with van der Waals surface area (Å²) >= 11 is 1.89. The summed E-state index contributed by atoms with van der Waals surface area (Å²) < 4.78 is 0. The van der Waals surface area contributed by atoms with E-state index >= 15 is 0 Å². The van der Waals surface area contributed by atoms with E-state index in [1.165, 1.54) is 0 Å². The number of aliphatic hydroxyl groups is 1. The molecule has 1 aliphatic rings. The summed E-state index contributed by atoms with van der Waals surface area (Å²) in [5.41, 5.74) is 1.89. The number of carbonyl (C=O) groups excluding carboxylic acids is 1. The second-order valence-electron chi connectivity index (χ2n) is 4.68. The highest BCUT2D eigenvalue weighted by molar-refractivity contribution is 7.99. The van der Waals surface area contributed by atoms with E-state index in [9.17, 15) is 4.79 Å². The molecule has 4 nitrogen and oxygen atoms in total. The SMILES string of the molecule is Cl.O=C(CC1CSCCN1)NCc1cccc(CO)c1. The average molecular weight is 317 g/mol. The molecule has 1 saturated heterocycles. The van der Waals surface area contributed by atoms with E-state index in [-0.39, 0.29) is 24.9 Å². The Bertz CT molecular complexity index is 425. The predicted octanol–water partition coefficient (Wildman–Crippen LogP) is 1.31. The Morgan fingerprint density at radius 1 is 1.45 bits per heavy atom. The van der Waals surface area contributed by atoms with Crippen molar-refractivity contribution in [2.45, 2.75) is 25.6 Å². The third-order valence-electron chi connectivity index (χ3n) is 3.09. The van der Waals surface area contributed by atoms with Crippen LogP contribution in [-0.2, 0) is 17.9 Å².